The number of carboxylic acid groups (broad SMARTS) is 1. The highest BCUT2D eigenvalue weighted by Gasteiger charge is 2.15. The Morgan fingerprint density at radius 3 is 2.54 bits per heavy atom. The standard InChI is InChI=1S/C19H14FNO3/c1-2-12-3-5-13(6-4-12)10-21-11-16(19(23)24)18(22)15-9-14(20)7-8-17(15)21/h2-9,11H,1,10H2,(H,23,24). The number of nitrogens with zero attached hydrogens (tertiary/aromatic N) is 1. The summed E-state index contributed by atoms with van der Waals surface area (Å²) in [5, 5.41) is 9.29. The summed E-state index contributed by atoms with van der Waals surface area (Å²) >= 11 is 0. The molecule has 1 aromatic heterocycles. The molecule has 4 nitrogen and oxygen atoms in total. The molecule has 0 spiro atoms. The van der Waals surface area contributed by atoms with Crippen LogP contribution in [-0.4, -0.2) is 15.6 Å². The molecular weight excluding hydrogens is 309 g/mol. The predicted molar refractivity (Wildman–Crippen MR) is 90.8 cm³/mol. The van der Waals surface area contributed by atoms with E-state index in [0.29, 0.717) is 12.1 Å². The molecule has 0 unspecified atom stereocenters. The molecule has 3 rings (SSSR count). The number of pyridine rings is 1. The van der Waals surface area contributed by atoms with Gasteiger partial charge in [0.1, 0.15) is 11.4 Å². The van der Waals surface area contributed by atoms with E-state index in [-0.39, 0.29) is 10.9 Å². The van der Waals surface area contributed by atoms with Gasteiger partial charge in [-0.05, 0) is 29.3 Å². The fourth-order valence-electron chi connectivity index (χ4n) is 2.61. The lowest BCUT2D eigenvalue weighted by molar-refractivity contribution is 0.0695. The summed E-state index contributed by atoms with van der Waals surface area (Å²) in [5.41, 5.74) is 1.31. The number of hydrogen-bond acceptors (Lipinski definition) is 2. The van der Waals surface area contributed by atoms with E-state index in [0.717, 1.165) is 17.2 Å². The average molecular weight is 323 g/mol. The molecule has 0 amide bonds. The first-order chi connectivity index (χ1) is 11.5. The number of benzene rings is 2. The number of rotatable bonds is 4. The highest BCUT2D eigenvalue weighted by Crippen LogP contribution is 2.16. The molecule has 120 valence electrons. The fourth-order valence-corrected chi connectivity index (χ4v) is 2.61. The maximum absolute atomic E-state index is 13.5. The minimum atomic E-state index is -1.33. The van der Waals surface area contributed by atoms with E-state index >= 15 is 0 Å². The van der Waals surface area contributed by atoms with Crippen LogP contribution in [0.2, 0.25) is 0 Å². The van der Waals surface area contributed by atoms with Crippen LogP contribution in [0.4, 0.5) is 4.39 Å². The van der Waals surface area contributed by atoms with Crippen LogP contribution in [0.3, 0.4) is 0 Å². The van der Waals surface area contributed by atoms with Crippen molar-refractivity contribution in [2.24, 2.45) is 0 Å². The topological polar surface area (TPSA) is 59.3 Å². The average Bonchev–Trinajstić information content (AvgIpc) is 2.57. The molecule has 2 aromatic carbocycles. The molecule has 1 heterocycles. The molecule has 24 heavy (non-hydrogen) atoms. The van der Waals surface area contributed by atoms with Gasteiger partial charge < -0.3 is 9.67 Å². The Morgan fingerprint density at radius 2 is 1.92 bits per heavy atom. The van der Waals surface area contributed by atoms with Gasteiger partial charge in [0.2, 0.25) is 5.43 Å². The molecule has 3 aromatic rings. The van der Waals surface area contributed by atoms with Crippen molar-refractivity contribution in [1.82, 2.24) is 4.57 Å². The lowest BCUT2D eigenvalue weighted by atomic mass is 10.1. The highest BCUT2D eigenvalue weighted by atomic mass is 19.1. The van der Waals surface area contributed by atoms with Crippen LogP contribution < -0.4 is 5.43 Å². The summed E-state index contributed by atoms with van der Waals surface area (Å²) < 4.78 is 15.1. The third-order valence-electron chi connectivity index (χ3n) is 3.84. The first kappa shape index (κ1) is 15.7. The van der Waals surface area contributed by atoms with E-state index in [9.17, 15) is 19.1 Å². The number of fused-ring (bicyclic) bond motifs is 1. The van der Waals surface area contributed by atoms with Gasteiger partial charge in [0.25, 0.3) is 0 Å². The quantitative estimate of drug-likeness (QED) is 0.799. The lowest BCUT2D eigenvalue weighted by Crippen LogP contribution is -2.19. The monoisotopic (exact) mass is 323 g/mol. The van der Waals surface area contributed by atoms with Crippen LogP contribution in [0.15, 0.2) is 60.0 Å². The second kappa shape index (κ2) is 6.12. The number of aromatic nitrogens is 1. The zero-order valence-corrected chi connectivity index (χ0v) is 12.7. The van der Waals surface area contributed by atoms with Crippen molar-refractivity contribution in [3.05, 3.63) is 88.0 Å². The smallest absolute Gasteiger partial charge is 0.341 e. The van der Waals surface area contributed by atoms with Crippen LogP contribution >= 0.6 is 0 Å². The molecule has 0 aliphatic carbocycles. The van der Waals surface area contributed by atoms with Crippen molar-refractivity contribution in [2.45, 2.75) is 6.54 Å². The Hall–Kier alpha value is -3.21. The van der Waals surface area contributed by atoms with Gasteiger partial charge in [-0.2, -0.15) is 0 Å². The van der Waals surface area contributed by atoms with E-state index < -0.39 is 17.2 Å². The third kappa shape index (κ3) is 2.84. The van der Waals surface area contributed by atoms with E-state index in [1.165, 1.54) is 18.3 Å². The van der Waals surface area contributed by atoms with Gasteiger partial charge in [-0.15, -0.1) is 0 Å². The van der Waals surface area contributed by atoms with Crippen molar-refractivity contribution >= 4 is 22.9 Å². The lowest BCUT2D eigenvalue weighted by Gasteiger charge is -2.13. The van der Waals surface area contributed by atoms with Gasteiger partial charge >= 0.3 is 5.97 Å². The van der Waals surface area contributed by atoms with Crippen molar-refractivity contribution in [2.75, 3.05) is 0 Å². The summed E-state index contributed by atoms with van der Waals surface area (Å²) in [4.78, 5) is 23.6. The van der Waals surface area contributed by atoms with Gasteiger partial charge in [-0.3, -0.25) is 4.79 Å². The van der Waals surface area contributed by atoms with Gasteiger partial charge in [0, 0.05) is 18.1 Å². The third-order valence-corrected chi connectivity index (χ3v) is 3.84. The molecule has 0 bridgehead atoms. The van der Waals surface area contributed by atoms with E-state index in [2.05, 4.69) is 6.58 Å². The molecule has 0 atom stereocenters. The van der Waals surface area contributed by atoms with Crippen molar-refractivity contribution in [1.29, 1.82) is 0 Å². The second-order valence-electron chi connectivity index (χ2n) is 5.41. The summed E-state index contributed by atoms with van der Waals surface area (Å²) in [5.74, 6) is -1.91. The number of carboxylic acids is 1. The molecular formula is C19H14FNO3. The van der Waals surface area contributed by atoms with Crippen LogP contribution in [-0.2, 0) is 6.54 Å². The molecule has 0 saturated heterocycles. The zero-order valence-electron chi connectivity index (χ0n) is 12.7. The SMILES string of the molecule is C=Cc1ccc(Cn2cc(C(=O)O)c(=O)c3cc(F)ccc32)cc1. The van der Waals surface area contributed by atoms with Crippen LogP contribution in [0.5, 0.6) is 0 Å². The number of hydrogen-bond donors (Lipinski definition) is 1. The minimum absolute atomic E-state index is 0.0533. The number of aromatic carboxylic acids is 1. The normalized spacial score (nSPS) is 10.7. The first-order valence-electron chi connectivity index (χ1n) is 7.27. The highest BCUT2D eigenvalue weighted by molar-refractivity contribution is 5.92. The molecule has 0 radical (unpaired) electrons. The van der Waals surface area contributed by atoms with Crippen LogP contribution in [0.1, 0.15) is 21.5 Å². The largest absolute Gasteiger partial charge is 0.477 e. The summed E-state index contributed by atoms with van der Waals surface area (Å²) in [6.45, 7) is 4.05. The molecule has 0 aliphatic heterocycles. The van der Waals surface area contributed by atoms with Gasteiger partial charge in [-0.1, -0.05) is 36.9 Å². The van der Waals surface area contributed by atoms with Crippen molar-refractivity contribution < 1.29 is 14.3 Å². The number of carbonyl (C=O) groups is 1. The molecule has 0 aliphatic rings. The Morgan fingerprint density at radius 1 is 1.21 bits per heavy atom. The zero-order chi connectivity index (χ0) is 17.3. The first-order valence-corrected chi connectivity index (χ1v) is 7.27. The maximum atomic E-state index is 13.5. The van der Waals surface area contributed by atoms with Crippen LogP contribution in [0.25, 0.3) is 17.0 Å². The van der Waals surface area contributed by atoms with E-state index in [4.69, 9.17) is 0 Å². The van der Waals surface area contributed by atoms with Gasteiger partial charge in [-0.25, -0.2) is 9.18 Å². The molecule has 5 heteroatoms. The Balaban J connectivity index is 2.18. The molecule has 0 saturated carbocycles. The maximum Gasteiger partial charge on any atom is 0.341 e. The minimum Gasteiger partial charge on any atom is -0.477 e. The van der Waals surface area contributed by atoms with E-state index in [1.54, 1.807) is 10.6 Å². The second-order valence-corrected chi connectivity index (χ2v) is 5.41. The number of halogens is 1. The van der Waals surface area contributed by atoms with Crippen molar-refractivity contribution in [3.8, 4) is 0 Å². The fraction of sp³-hybridized carbons (Fsp3) is 0.0526. The summed E-state index contributed by atoms with van der Waals surface area (Å²) in [7, 11) is 0. The van der Waals surface area contributed by atoms with Gasteiger partial charge in [0.05, 0.1) is 5.52 Å². The Kier molecular flexibility index (Phi) is 4.00. The summed E-state index contributed by atoms with van der Waals surface area (Å²) in [6, 6.07) is 11.4. The Bertz CT molecular complexity index is 1000. The Labute approximate surface area is 137 Å². The predicted octanol–water partition coefficient (Wildman–Crippen LogP) is 3.53. The van der Waals surface area contributed by atoms with Crippen LogP contribution in [0, 0.1) is 5.82 Å². The summed E-state index contributed by atoms with van der Waals surface area (Å²) in [6.07, 6.45) is 3.02. The van der Waals surface area contributed by atoms with Gasteiger partial charge in [0.15, 0.2) is 0 Å². The molecule has 1 N–H and O–H groups in total. The van der Waals surface area contributed by atoms with Crippen molar-refractivity contribution in [3.63, 3.8) is 0 Å². The molecule has 0 fully saturated rings. The van der Waals surface area contributed by atoms with E-state index in [1.807, 2.05) is 24.3 Å².